The van der Waals surface area contributed by atoms with Crippen LogP contribution in [0.1, 0.15) is 12.8 Å². The molecule has 7 nitrogen and oxygen atoms in total. The van der Waals surface area contributed by atoms with Crippen LogP contribution >= 0.6 is 0 Å². The zero-order chi connectivity index (χ0) is 17.1. The van der Waals surface area contributed by atoms with Crippen LogP contribution in [-0.2, 0) is 9.53 Å². The van der Waals surface area contributed by atoms with Crippen molar-refractivity contribution < 1.29 is 23.8 Å². The molecule has 8 heteroatoms. The average Bonchev–Trinajstić information content (AvgIpc) is 2.52. The molecule has 0 aromatic heterocycles. The normalized spacial score (nSPS) is 23.3. The number of carbonyl (C=O) groups excluding carboxylic acids is 1. The van der Waals surface area contributed by atoms with Crippen molar-refractivity contribution in [3.8, 4) is 0 Å². The smallest absolute Gasteiger partial charge is 0.319 e. The third kappa shape index (κ3) is 3.76. The first-order chi connectivity index (χ1) is 11.5. The van der Waals surface area contributed by atoms with Crippen molar-refractivity contribution in [1.29, 1.82) is 0 Å². The van der Waals surface area contributed by atoms with Gasteiger partial charge in [0.25, 0.3) is 0 Å². The number of aliphatic carboxylic acids is 1. The number of carboxylic acid groups (broad SMARTS) is 1. The van der Waals surface area contributed by atoms with Crippen LogP contribution in [0.5, 0.6) is 0 Å². The van der Waals surface area contributed by atoms with Crippen LogP contribution in [0.15, 0.2) is 18.2 Å². The molecule has 1 aromatic carbocycles. The Bertz CT molecular complexity index is 628. The zero-order valence-corrected chi connectivity index (χ0v) is 13.1. The fraction of sp³-hybridized carbons (Fsp3) is 0.500. The first-order valence-corrected chi connectivity index (χ1v) is 7.95. The Morgan fingerprint density at radius 2 is 1.96 bits per heavy atom. The summed E-state index contributed by atoms with van der Waals surface area (Å²) in [6.45, 7) is 2.37. The zero-order valence-electron chi connectivity index (χ0n) is 13.1. The van der Waals surface area contributed by atoms with E-state index in [4.69, 9.17) is 9.84 Å². The first-order valence-electron chi connectivity index (χ1n) is 7.95. The molecule has 1 saturated carbocycles. The second-order valence-corrected chi connectivity index (χ2v) is 6.06. The van der Waals surface area contributed by atoms with Gasteiger partial charge in [-0.25, -0.2) is 9.18 Å². The second-order valence-electron chi connectivity index (χ2n) is 6.06. The van der Waals surface area contributed by atoms with E-state index in [0.29, 0.717) is 50.5 Å². The van der Waals surface area contributed by atoms with E-state index in [2.05, 4.69) is 10.6 Å². The van der Waals surface area contributed by atoms with Crippen molar-refractivity contribution in [2.75, 3.05) is 36.5 Å². The van der Waals surface area contributed by atoms with Gasteiger partial charge in [-0.05, 0) is 31.0 Å². The van der Waals surface area contributed by atoms with Crippen molar-refractivity contribution in [2.24, 2.45) is 5.92 Å². The molecular weight excluding hydrogens is 317 g/mol. The van der Waals surface area contributed by atoms with Crippen molar-refractivity contribution in [2.45, 2.75) is 18.9 Å². The number of rotatable bonds is 4. The summed E-state index contributed by atoms with van der Waals surface area (Å²) in [7, 11) is 0. The van der Waals surface area contributed by atoms with Gasteiger partial charge in [-0.1, -0.05) is 0 Å². The fourth-order valence-electron chi connectivity index (χ4n) is 2.96. The second kappa shape index (κ2) is 7.04. The number of ether oxygens (including phenoxy) is 1. The van der Waals surface area contributed by atoms with Crippen LogP contribution in [-0.4, -0.2) is 49.5 Å². The molecule has 0 atom stereocenters. The molecule has 1 aliphatic heterocycles. The number of anilines is 2. The number of carbonyl (C=O) groups is 2. The molecule has 0 bridgehead atoms. The lowest BCUT2D eigenvalue weighted by Gasteiger charge is -2.33. The highest BCUT2D eigenvalue weighted by atomic mass is 19.1. The monoisotopic (exact) mass is 337 g/mol. The summed E-state index contributed by atoms with van der Waals surface area (Å²) < 4.78 is 18.9. The van der Waals surface area contributed by atoms with Crippen LogP contribution in [0.3, 0.4) is 0 Å². The number of nitrogens with one attached hydrogen (secondary N) is 2. The minimum Gasteiger partial charge on any atom is -0.481 e. The van der Waals surface area contributed by atoms with E-state index in [-0.39, 0.29) is 17.8 Å². The third-order valence-corrected chi connectivity index (χ3v) is 4.38. The van der Waals surface area contributed by atoms with Crippen molar-refractivity contribution in [3.05, 3.63) is 24.0 Å². The number of hydrogen-bond acceptors (Lipinski definition) is 4. The Labute approximate surface area is 138 Å². The van der Waals surface area contributed by atoms with Gasteiger partial charge >= 0.3 is 12.0 Å². The molecule has 0 spiro atoms. The van der Waals surface area contributed by atoms with Crippen LogP contribution in [0, 0.1) is 11.7 Å². The lowest BCUT2D eigenvalue weighted by atomic mass is 9.80. The Balaban J connectivity index is 1.62. The van der Waals surface area contributed by atoms with Crippen LogP contribution in [0.2, 0.25) is 0 Å². The Morgan fingerprint density at radius 1 is 1.25 bits per heavy atom. The highest BCUT2D eigenvalue weighted by Gasteiger charge is 2.35. The van der Waals surface area contributed by atoms with Gasteiger partial charge in [0.05, 0.1) is 30.5 Å². The Kier molecular flexibility index (Phi) is 4.84. The maximum atomic E-state index is 13.6. The Morgan fingerprint density at radius 3 is 2.62 bits per heavy atom. The fourth-order valence-corrected chi connectivity index (χ4v) is 2.96. The van der Waals surface area contributed by atoms with Gasteiger partial charge in [0, 0.05) is 19.1 Å². The predicted molar refractivity (Wildman–Crippen MR) is 85.7 cm³/mol. The van der Waals surface area contributed by atoms with E-state index in [9.17, 15) is 14.0 Å². The van der Waals surface area contributed by atoms with Crippen LogP contribution < -0.4 is 15.5 Å². The van der Waals surface area contributed by atoms with Crippen molar-refractivity contribution in [1.82, 2.24) is 5.32 Å². The highest BCUT2D eigenvalue weighted by Crippen LogP contribution is 2.29. The molecule has 0 radical (unpaired) electrons. The SMILES string of the molecule is O=C(Nc1ccc(F)cc1N1CCOCC1)NC1CC(C(=O)O)C1. The number of carboxylic acids is 1. The minimum atomic E-state index is -0.832. The van der Waals surface area contributed by atoms with Crippen LogP contribution in [0.4, 0.5) is 20.6 Å². The van der Waals surface area contributed by atoms with Gasteiger partial charge in [-0.3, -0.25) is 4.79 Å². The highest BCUT2D eigenvalue weighted by molar-refractivity contribution is 5.93. The molecule has 2 amide bonds. The molecule has 3 N–H and O–H groups in total. The topological polar surface area (TPSA) is 90.9 Å². The average molecular weight is 337 g/mol. The lowest BCUT2D eigenvalue weighted by Crippen LogP contribution is -2.48. The lowest BCUT2D eigenvalue weighted by molar-refractivity contribution is -0.145. The van der Waals surface area contributed by atoms with Crippen LogP contribution in [0.25, 0.3) is 0 Å². The molecule has 1 saturated heterocycles. The number of benzene rings is 1. The van der Waals surface area contributed by atoms with Gasteiger partial charge in [0.2, 0.25) is 0 Å². The molecular formula is C16H20FN3O4. The quantitative estimate of drug-likeness (QED) is 0.777. The summed E-state index contributed by atoms with van der Waals surface area (Å²) >= 11 is 0. The van der Waals surface area contributed by atoms with Gasteiger partial charge in [0.15, 0.2) is 0 Å². The summed E-state index contributed by atoms with van der Waals surface area (Å²) in [5.74, 6) is -1.59. The molecule has 2 aliphatic rings. The van der Waals surface area contributed by atoms with E-state index in [1.54, 1.807) is 0 Å². The number of amides is 2. The molecule has 3 rings (SSSR count). The molecule has 2 fully saturated rings. The summed E-state index contributed by atoms with van der Waals surface area (Å²) in [6.07, 6.45) is 0.866. The third-order valence-electron chi connectivity index (χ3n) is 4.38. The van der Waals surface area contributed by atoms with E-state index < -0.39 is 12.0 Å². The molecule has 0 unspecified atom stereocenters. The number of halogens is 1. The standard InChI is InChI=1S/C16H20FN3O4/c17-11-1-2-13(14(9-11)20-3-5-24-6-4-20)19-16(23)18-12-7-10(8-12)15(21)22/h1-2,9-10,12H,3-8H2,(H,21,22)(H2,18,19,23). The maximum absolute atomic E-state index is 13.6. The minimum absolute atomic E-state index is 0.140. The number of urea groups is 1. The van der Waals surface area contributed by atoms with E-state index in [0.717, 1.165) is 0 Å². The molecule has 1 heterocycles. The van der Waals surface area contributed by atoms with E-state index in [1.165, 1.54) is 18.2 Å². The molecule has 1 aliphatic carbocycles. The van der Waals surface area contributed by atoms with Crippen molar-refractivity contribution >= 4 is 23.4 Å². The molecule has 130 valence electrons. The Hall–Kier alpha value is -2.35. The molecule has 24 heavy (non-hydrogen) atoms. The summed E-state index contributed by atoms with van der Waals surface area (Å²) in [4.78, 5) is 24.8. The summed E-state index contributed by atoms with van der Waals surface area (Å²) in [5, 5.41) is 14.3. The maximum Gasteiger partial charge on any atom is 0.319 e. The van der Waals surface area contributed by atoms with E-state index >= 15 is 0 Å². The van der Waals surface area contributed by atoms with Gasteiger partial charge in [0.1, 0.15) is 5.82 Å². The summed E-state index contributed by atoms with van der Waals surface area (Å²) in [6, 6.07) is 3.66. The number of nitrogens with zero attached hydrogens (tertiary/aromatic N) is 1. The van der Waals surface area contributed by atoms with Crippen molar-refractivity contribution in [3.63, 3.8) is 0 Å². The molecule has 1 aromatic rings. The first kappa shape index (κ1) is 16.5. The van der Waals surface area contributed by atoms with E-state index in [1.807, 2.05) is 4.90 Å². The van der Waals surface area contributed by atoms with Gasteiger partial charge in [-0.15, -0.1) is 0 Å². The summed E-state index contributed by atoms with van der Waals surface area (Å²) in [5.41, 5.74) is 1.13. The largest absolute Gasteiger partial charge is 0.481 e. The van der Waals surface area contributed by atoms with Gasteiger partial charge in [-0.2, -0.15) is 0 Å². The van der Waals surface area contributed by atoms with Gasteiger partial charge < -0.3 is 25.4 Å². The predicted octanol–water partition coefficient (Wildman–Crippen LogP) is 1.65. The number of hydrogen-bond donors (Lipinski definition) is 3. The number of morpholine rings is 1.